The van der Waals surface area contributed by atoms with E-state index in [9.17, 15) is 4.79 Å². The minimum absolute atomic E-state index is 0.326. The van der Waals surface area contributed by atoms with E-state index in [1.165, 1.54) is 0 Å². The monoisotopic (exact) mass is 279 g/mol. The minimum Gasteiger partial charge on any atom is -0.444 e. The van der Waals surface area contributed by atoms with E-state index in [0.29, 0.717) is 12.5 Å². The van der Waals surface area contributed by atoms with Crippen molar-refractivity contribution in [1.82, 2.24) is 5.32 Å². The molecule has 0 spiro atoms. The third kappa shape index (κ3) is 10.0. The fraction of sp³-hybridized carbons (Fsp3) is 0.909. The Morgan fingerprint density at radius 3 is 2.53 bits per heavy atom. The van der Waals surface area contributed by atoms with Crippen LogP contribution in [0.25, 0.3) is 0 Å². The van der Waals surface area contributed by atoms with Gasteiger partial charge in [0.2, 0.25) is 0 Å². The van der Waals surface area contributed by atoms with E-state index in [-0.39, 0.29) is 6.09 Å². The third-order valence-corrected chi connectivity index (χ3v) is 2.39. The predicted molar refractivity (Wildman–Crippen MR) is 66.4 cm³/mol. The predicted octanol–water partition coefficient (Wildman–Crippen LogP) is 3.32. The normalized spacial score (nSPS) is 13.4. The first kappa shape index (κ1) is 14.8. The molecule has 90 valence electrons. The summed E-state index contributed by atoms with van der Waals surface area (Å²) in [4.78, 5) is 11.3. The van der Waals surface area contributed by atoms with Gasteiger partial charge in [0.15, 0.2) is 0 Å². The standard InChI is InChI=1S/C11H22BrNO2/c1-9(6-5-7-12)8-13-10(14)15-11(2,3)4/h9H,5-8H2,1-4H3,(H,13,14). The van der Waals surface area contributed by atoms with Crippen LogP contribution in [0.1, 0.15) is 40.5 Å². The van der Waals surface area contributed by atoms with Crippen molar-refractivity contribution in [1.29, 1.82) is 0 Å². The summed E-state index contributed by atoms with van der Waals surface area (Å²) in [5.41, 5.74) is -0.414. The molecule has 0 saturated carbocycles. The number of halogens is 1. The SMILES string of the molecule is CC(CCCBr)CNC(=O)OC(C)(C)C. The Morgan fingerprint density at radius 1 is 1.47 bits per heavy atom. The van der Waals surface area contributed by atoms with Crippen LogP contribution in [-0.4, -0.2) is 23.6 Å². The Balaban J connectivity index is 3.62. The quantitative estimate of drug-likeness (QED) is 0.784. The maximum atomic E-state index is 11.3. The Morgan fingerprint density at radius 2 is 2.07 bits per heavy atom. The van der Waals surface area contributed by atoms with Crippen molar-refractivity contribution in [3.05, 3.63) is 0 Å². The van der Waals surface area contributed by atoms with Gasteiger partial charge in [-0.3, -0.25) is 0 Å². The molecule has 4 heteroatoms. The van der Waals surface area contributed by atoms with Gasteiger partial charge in [0, 0.05) is 11.9 Å². The molecule has 0 bridgehead atoms. The average molecular weight is 280 g/mol. The van der Waals surface area contributed by atoms with E-state index in [2.05, 4.69) is 28.2 Å². The maximum absolute atomic E-state index is 11.3. The van der Waals surface area contributed by atoms with Gasteiger partial charge in [0.05, 0.1) is 0 Å². The van der Waals surface area contributed by atoms with Crippen molar-refractivity contribution in [3.63, 3.8) is 0 Å². The van der Waals surface area contributed by atoms with Crippen molar-refractivity contribution in [2.24, 2.45) is 5.92 Å². The highest BCUT2D eigenvalue weighted by Gasteiger charge is 2.16. The van der Waals surface area contributed by atoms with Crippen LogP contribution in [0.2, 0.25) is 0 Å². The zero-order valence-corrected chi connectivity index (χ0v) is 11.7. The van der Waals surface area contributed by atoms with Gasteiger partial charge >= 0.3 is 6.09 Å². The average Bonchev–Trinajstić information content (AvgIpc) is 2.08. The van der Waals surface area contributed by atoms with Crippen LogP contribution in [-0.2, 0) is 4.74 Å². The maximum Gasteiger partial charge on any atom is 0.407 e. The first-order valence-corrected chi connectivity index (χ1v) is 6.50. The number of ether oxygens (including phenoxy) is 1. The van der Waals surface area contributed by atoms with Gasteiger partial charge in [-0.05, 0) is 39.5 Å². The van der Waals surface area contributed by atoms with Gasteiger partial charge in [-0.2, -0.15) is 0 Å². The zero-order chi connectivity index (χ0) is 11.9. The van der Waals surface area contributed by atoms with Crippen molar-refractivity contribution in [3.8, 4) is 0 Å². The Bertz CT molecular complexity index is 190. The summed E-state index contributed by atoms with van der Waals surface area (Å²) in [6, 6.07) is 0. The molecule has 1 amide bonds. The van der Waals surface area contributed by atoms with E-state index >= 15 is 0 Å². The third-order valence-electron chi connectivity index (χ3n) is 1.82. The van der Waals surface area contributed by atoms with E-state index in [1.54, 1.807) is 0 Å². The zero-order valence-electron chi connectivity index (χ0n) is 10.1. The molecule has 3 nitrogen and oxygen atoms in total. The largest absolute Gasteiger partial charge is 0.444 e. The molecule has 0 rings (SSSR count). The van der Waals surface area contributed by atoms with Crippen LogP contribution in [0.15, 0.2) is 0 Å². The summed E-state index contributed by atoms with van der Waals surface area (Å²) in [6.07, 6.45) is 1.92. The van der Waals surface area contributed by atoms with Gasteiger partial charge in [-0.15, -0.1) is 0 Å². The fourth-order valence-corrected chi connectivity index (χ4v) is 1.42. The molecule has 1 N–H and O–H groups in total. The van der Waals surface area contributed by atoms with Crippen LogP contribution in [0.3, 0.4) is 0 Å². The summed E-state index contributed by atoms with van der Waals surface area (Å²) in [5.74, 6) is 0.495. The summed E-state index contributed by atoms with van der Waals surface area (Å²) < 4.78 is 5.13. The first-order valence-electron chi connectivity index (χ1n) is 5.38. The Kier molecular flexibility index (Phi) is 6.98. The molecule has 0 fully saturated rings. The minimum atomic E-state index is -0.414. The number of rotatable bonds is 5. The lowest BCUT2D eigenvalue weighted by atomic mass is 10.1. The van der Waals surface area contributed by atoms with Crippen LogP contribution in [0, 0.1) is 5.92 Å². The fourth-order valence-electron chi connectivity index (χ4n) is 1.10. The number of nitrogens with one attached hydrogen (secondary N) is 1. The molecule has 0 aromatic rings. The molecular weight excluding hydrogens is 258 g/mol. The second-order valence-electron chi connectivity index (χ2n) is 4.82. The van der Waals surface area contributed by atoms with E-state index in [1.807, 2.05) is 20.8 Å². The van der Waals surface area contributed by atoms with Crippen LogP contribution >= 0.6 is 15.9 Å². The number of carbonyl (C=O) groups is 1. The van der Waals surface area contributed by atoms with E-state index in [4.69, 9.17) is 4.74 Å². The molecular formula is C11H22BrNO2. The van der Waals surface area contributed by atoms with Crippen molar-refractivity contribution < 1.29 is 9.53 Å². The number of hydrogen-bond acceptors (Lipinski definition) is 2. The molecule has 1 unspecified atom stereocenters. The van der Waals surface area contributed by atoms with Crippen molar-refractivity contribution in [2.45, 2.75) is 46.1 Å². The number of alkyl halides is 1. The number of alkyl carbamates (subject to hydrolysis) is 1. The Hall–Kier alpha value is -0.250. The molecule has 0 aromatic heterocycles. The van der Waals surface area contributed by atoms with Gasteiger partial charge < -0.3 is 10.1 Å². The first-order chi connectivity index (χ1) is 6.85. The highest BCUT2D eigenvalue weighted by molar-refractivity contribution is 9.09. The molecule has 0 aliphatic rings. The number of carbonyl (C=O) groups excluding carboxylic acids is 1. The summed E-state index contributed by atoms with van der Waals surface area (Å²) in [6.45, 7) is 8.39. The second kappa shape index (κ2) is 7.09. The number of amides is 1. The molecule has 1 atom stereocenters. The van der Waals surface area contributed by atoms with Gasteiger partial charge in [0.25, 0.3) is 0 Å². The molecule has 0 heterocycles. The summed E-state index contributed by atoms with van der Waals surface area (Å²) >= 11 is 3.39. The molecule has 0 radical (unpaired) electrons. The van der Waals surface area contributed by atoms with Gasteiger partial charge in [-0.25, -0.2) is 4.79 Å². The van der Waals surface area contributed by atoms with Crippen LogP contribution < -0.4 is 5.32 Å². The topological polar surface area (TPSA) is 38.3 Å². The highest BCUT2D eigenvalue weighted by atomic mass is 79.9. The summed E-state index contributed by atoms with van der Waals surface area (Å²) in [7, 11) is 0. The Labute approximate surface area is 101 Å². The molecule has 0 aliphatic heterocycles. The van der Waals surface area contributed by atoms with Crippen LogP contribution in [0.4, 0.5) is 4.79 Å². The lowest BCUT2D eigenvalue weighted by Gasteiger charge is -2.20. The number of hydrogen-bond donors (Lipinski definition) is 1. The highest BCUT2D eigenvalue weighted by Crippen LogP contribution is 2.08. The molecule has 0 saturated heterocycles. The lowest BCUT2D eigenvalue weighted by Crippen LogP contribution is -2.34. The van der Waals surface area contributed by atoms with Crippen molar-refractivity contribution in [2.75, 3.05) is 11.9 Å². The van der Waals surface area contributed by atoms with E-state index in [0.717, 1.165) is 18.2 Å². The molecule has 15 heavy (non-hydrogen) atoms. The molecule has 0 aliphatic carbocycles. The lowest BCUT2D eigenvalue weighted by molar-refractivity contribution is 0.0519. The summed E-state index contributed by atoms with van der Waals surface area (Å²) in [5, 5.41) is 3.79. The smallest absolute Gasteiger partial charge is 0.407 e. The van der Waals surface area contributed by atoms with Crippen LogP contribution in [0.5, 0.6) is 0 Å². The van der Waals surface area contributed by atoms with Crippen molar-refractivity contribution >= 4 is 22.0 Å². The van der Waals surface area contributed by atoms with Gasteiger partial charge in [0.1, 0.15) is 5.60 Å². The van der Waals surface area contributed by atoms with E-state index < -0.39 is 5.60 Å². The molecule has 0 aromatic carbocycles. The van der Waals surface area contributed by atoms with Gasteiger partial charge in [-0.1, -0.05) is 22.9 Å². The second-order valence-corrected chi connectivity index (χ2v) is 5.61.